The van der Waals surface area contributed by atoms with E-state index in [1.165, 1.54) is 18.2 Å². The minimum Gasteiger partial charge on any atom is -0.466 e. The summed E-state index contributed by atoms with van der Waals surface area (Å²) in [6.45, 7) is -0.704. The predicted molar refractivity (Wildman–Crippen MR) is 72.5 cm³/mol. The van der Waals surface area contributed by atoms with Crippen LogP contribution in [-0.4, -0.2) is 25.0 Å². The molecule has 6 heteroatoms. The molecular weight excluding hydrogens is 282 g/mol. The highest BCUT2D eigenvalue weighted by Crippen LogP contribution is 2.22. The Balaban J connectivity index is 2.54. The lowest BCUT2D eigenvalue weighted by atomic mass is 10.1. The van der Waals surface area contributed by atoms with Crippen molar-refractivity contribution in [2.24, 2.45) is 0 Å². The number of carbonyl (C=O) groups excluding carboxylic acids is 2. The monoisotopic (exact) mass is 300 g/mol. The quantitative estimate of drug-likeness (QED) is 0.397. The Bertz CT molecular complexity index is 474. The van der Waals surface area contributed by atoms with Gasteiger partial charge in [-0.3, -0.25) is 9.59 Å². The van der Waals surface area contributed by atoms with Crippen LogP contribution in [0.1, 0.15) is 43.0 Å². The van der Waals surface area contributed by atoms with Crippen LogP contribution in [0, 0.1) is 0 Å². The molecule has 116 valence electrons. The lowest BCUT2D eigenvalue weighted by Crippen LogP contribution is -2.11. The Morgan fingerprint density at radius 2 is 1.90 bits per heavy atom. The van der Waals surface area contributed by atoms with E-state index in [9.17, 15) is 18.4 Å². The van der Waals surface area contributed by atoms with Gasteiger partial charge in [0.2, 0.25) is 0 Å². The number of hydrogen-bond acceptors (Lipinski definition) is 4. The van der Waals surface area contributed by atoms with Crippen molar-refractivity contribution in [3.8, 4) is 5.75 Å². The van der Waals surface area contributed by atoms with Gasteiger partial charge >= 0.3 is 12.6 Å². The van der Waals surface area contributed by atoms with E-state index in [2.05, 4.69) is 4.74 Å². The van der Waals surface area contributed by atoms with Crippen molar-refractivity contribution in [1.29, 1.82) is 0 Å². The summed E-state index contributed by atoms with van der Waals surface area (Å²) < 4.78 is 33.7. The molecule has 1 aromatic rings. The van der Waals surface area contributed by atoms with E-state index in [0.717, 1.165) is 12.8 Å². The number of halogens is 2. The van der Waals surface area contributed by atoms with Crippen LogP contribution >= 0.6 is 0 Å². The summed E-state index contributed by atoms with van der Waals surface area (Å²) in [4.78, 5) is 23.3. The first-order valence-corrected chi connectivity index (χ1v) is 6.77. The molecule has 0 amide bonds. The maximum Gasteiger partial charge on any atom is 0.387 e. The number of esters is 1. The molecule has 4 nitrogen and oxygen atoms in total. The first kappa shape index (κ1) is 17.1. The fourth-order valence-corrected chi connectivity index (χ4v) is 1.65. The van der Waals surface area contributed by atoms with Crippen molar-refractivity contribution in [3.63, 3.8) is 0 Å². The average molecular weight is 300 g/mol. The second-order valence-electron chi connectivity index (χ2n) is 4.37. The largest absolute Gasteiger partial charge is 0.466 e. The molecule has 0 spiro atoms. The molecule has 0 aliphatic rings. The summed E-state index contributed by atoms with van der Waals surface area (Å²) in [7, 11) is 0. The third kappa shape index (κ3) is 6.33. The molecule has 0 fully saturated rings. The van der Waals surface area contributed by atoms with E-state index >= 15 is 0 Å². The zero-order valence-corrected chi connectivity index (χ0v) is 11.8. The van der Waals surface area contributed by atoms with E-state index in [1.54, 1.807) is 6.07 Å². The second-order valence-corrected chi connectivity index (χ2v) is 4.37. The minimum absolute atomic E-state index is 0.0409. The van der Waals surface area contributed by atoms with E-state index in [4.69, 9.17) is 4.74 Å². The molecule has 0 atom stereocenters. The fraction of sp³-hybridized carbons (Fsp3) is 0.467. The number of para-hydroxylation sites is 1. The Labute approximate surface area is 122 Å². The van der Waals surface area contributed by atoms with Crippen LogP contribution in [0.4, 0.5) is 8.78 Å². The molecule has 0 unspecified atom stereocenters. The summed E-state index contributed by atoms with van der Waals surface area (Å²) in [5.74, 6) is -1.08. The minimum atomic E-state index is -3.00. The number of Topliss-reactive ketones (excluding diaryl/α,β-unsaturated/α-hetero) is 1. The lowest BCUT2D eigenvalue weighted by molar-refractivity contribution is -0.143. The molecule has 0 N–H and O–H groups in total. The van der Waals surface area contributed by atoms with Crippen molar-refractivity contribution in [3.05, 3.63) is 29.8 Å². The summed E-state index contributed by atoms with van der Waals surface area (Å²) in [6.07, 6.45) is 1.50. The number of ketones is 1. The van der Waals surface area contributed by atoms with Gasteiger partial charge in [-0.2, -0.15) is 8.78 Å². The third-order valence-corrected chi connectivity index (χ3v) is 2.72. The van der Waals surface area contributed by atoms with Crippen LogP contribution in [0.2, 0.25) is 0 Å². The van der Waals surface area contributed by atoms with Gasteiger partial charge in [-0.1, -0.05) is 25.5 Å². The van der Waals surface area contributed by atoms with Crippen molar-refractivity contribution in [1.82, 2.24) is 0 Å². The lowest BCUT2D eigenvalue weighted by Gasteiger charge is -2.09. The Kier molecular flexibility index (Phi) is 7.36. The standard InChI is InChI=1S/C15H18F2O4/c1-2-3-10-20-14(19)9-8-12(18)11-6-4-5-7-13(11)21-15(16)17/h4-7,15H,2-3,8-10H2,1H3. The smallest absolute Gasteiger partial charge is 0.387 e. The summed E-state index contributed by atoms with van der Waals surface area (Å²) in [5, 5.41) is 0. The molecule has 0 aliphatic heterocycles. The Morgan fingerprint density at radius 1 is 1.19 bits per heavy atom. The van der Waals surface area contributed by atoms with Crippen LogP contribution in [0.15, 0.2) is 24.3 Å². The normalized spacial score (nSPS) is 10.5. The number of carbonyl (C=O) groups is 2. The van der Waals surface area contributed by atoms with E-state index in [1.807, 2.05) is 6.92 Å². The second kappa shape index (κ2) is 9.05. The van der Waals surface area contributed by atoms with Gasteiger partial charge in [0.05, 0.1) is 18.6 Å². The fourth-order valence-electron chi connectivity index (χ4n) is 1.65. The molecule has 0 radical (unpaired) electrons. The molecule has 0 aromatic heterocycles. The van der Waals surface area contributed by atoms with Gasteiger partial charge in [-0.15, -0.1) is 0 Å². The van der Waals surface area contributed by atoms with E-state index in [0.29, 0.717) is 6.61 Å². The zero-order chi connectivity index (χ0) is 15.7. The first-order valence-electron chi connectivity index (χ1n) is 6.77. The topological polar surface area (TPSA) is 52.6 Å². The third-order valence-electron chi connectivity index (χ3n) is 2.72. The number of alkyl halides is 2. The number of ether oxygens (including phenoxy) is 2. The molecule has 0 saturated carbocycles. The number of rotatable bonds is 9. The van der Waals surface area contributed by atoms with Crippen molar-refractivity contribution in [2.45, 2.75) is 39.2 Å². The van der Waals surface area contributed by atoms with Crippen LogP contribution in [0.5, 0.6) is 5.75 Å². The van der Waals surface area contributed by atoms with Crippen LogP contribution in [-0.2, 0) is 9.53 Å². The summed E-state index contributed by atoms with van der Waals surface area (Å²) in [5.41, 5.74) is 0.0409. The molecule has 21 heavy (non-hydrogen) atoms. The van der Waals surface area contributed by atoms with Crippen LogP contribution < -0.4 is 4.74 Å². The molecule has 0 bridgehead atoms. The summed E-state index contributed by atoms with van der Waals surface area (Å²) >= 11 is 0. The SMILES string of the molecule is CCCCOC(=O)CCC(=O)c1ccccc1OC(F)F. The molecule has 0 heterocycles. The van der Waals surface area contributed by atoms with Crippen molar-refractivity contribution < 1.29 is 27.8 Å². The number of unbranched alkanes of at least 4 members (excludes halogenated alkanes) is 1. The molecule has 0 aliphatic carbocycles. The molecular formula is C15H18F2O4. The Morgan fingerprint density at radius 3 is 2.57 bits per heavy atom. The van der Waals surface area contributed by atoms with Gasteiger partial charge in [-0.05, 0) is 18.6 Å². The van der Waals surface area contributed by atoms with Gasteiger partial charge in [0, 0.05) is 6.42 Å². The van der Waals surface area contributed by atoms with Gasteiger partial charge in [0.15, 0.2) is 5.78 Å². The predicted octanol–water partition coefficient (Wildman–Crippen LogP) is 3.59. The van der Waals surface area contributed by atoms with E-state index in [-0.39, 0.29) is 24.2 Å². The van der Waals surface area contributed by atoms with Crippen LogP contribution in [0.3, 0.4) is 0 Å². The van der Waals surface area contributed by atoms with Gasteiger partial charge in [-0.25, -0.2) is 0 Å². The van der Waals surface area contributed by atoms with Crippen molar-refractivity contribution in [2.75, 3.05) is 6.61 Å². The molecule has 0 saturated heterocycles. The highest BCUT2D eigenvalue weighted by Gasteiger charge is 2.16. The van der Waals surface area contributed by atoms with Gasteiger partial charge < -0.3 is 9.47 Å². The van der Waals surface area contributed by atoms with Crippen molar-refractivity contribution >= 4 is 11.8 Å². The highest BCUT2D eigenvalue weighted by atomic mass is 19.3. The number of hydrogen-bond donors (Lipinski definition) is 0. The average Bonchev–Trinajstić information content (AvgIpc) is 2.45. The Hall–Kier alpha value is -1.98. The van der Waals surface area contributed by atoms with E-state index < -0.39 is 18.4 Å². The van der Waals surface area contributed by atoms with Crippen LogP contribution in [0.25, 0.3) is 0 Å². The highest BCUT2D eigenvalue weighted by molar-refractivity contribution is 5.99. The van der Waals surface area contributed by atoms with Gasteiger partial charge in [0.25, 0.3) is 0 Å². The maximum absolute atomic E-state index is 12.2. The summed E-state index contributed by atoms with van der Waals surface area (Å²) in [6, 6.07) is 5.72. The first-order chi connectivity index (χ1) is 10.0. The maximum atomic E-state index is 12.2. The molecule has 1 aromatic carbocycles. The van der Waals surface area contributed by atoms with Gasteiger partial charge in [0.1, 0.15) is 5.75 Å². The molecule has 1 rings (SSSR count). The number of benzene rings is 1. The zero-order valence-electron chi connectivity index (χ0n) is 11.8.